The van der Waals surface area contributed by atoms with E-state index in [1.165, 1.54) is 21.3 Å². The highest BCUT2D eigenvalue weighted by Crippen LogP contribution is 2.29. The maximum absolute atomic E-state index is 13.1. The van der Waals surface area contributed by atoms with Gasteiger partial charge in [0.1, 0.15) is 12.1 Å². The fraction of sp³-hybridized carbons (Fsp3) is 0.529. The lowest BCUT2D eigenvalue weighted by Gasteiger charge is -2.36. The van der Waals surface area contributed by atoms with Crippen LogP contribution in [0, 0.1) is 6.92 Å². The minimum absolute atomic E-state index is 0.00505. The highest BCUT2D eigenvalue weighted by molar-refractivity contribution is 7.89. The minimum atomic E-state index is -3.85. The Balaban J connectivity index is 1.54. The smallest absolute Gasteiger partial charge is 0.304 e. The van der Waals surface area contributed by atoms with Crippen LogP contribution in [0.1, 0.15) is 18.4 Å². The molecule has 3 fully saturated rings. The van der Waals surface area contributed by atoms with Gasteiger partial charge in [-0.25, -0.2) is 13.1 Å². The molecule has 3 heterocycles. The lowest BCUT2D eigenvalue weighted by Crippen LogP contribution is -2.58. The predicted octanol–water partition coefficient (Wildman–Crippen LogP) is -0.964. The number of carbonyl (C=O) groups excluding carboxylic acids is 2. The van der Waals surface area contributed by atoms with Crippen LogP contribution < -0.4 is 4.72 Å². The molecule has 3 aliphatic heterocycles. The monoisotopic (exact) mass is 442 g/mol. The molecule has 0 radical (unpaired) electrons. The van der Waals surface area contributed by atoms with Gasteiger partial charge in [0.05, 0.1) is 4.90 Å². The Morgan fingerprint density at radius 2 is 1.83 bits per heavy atom. The maximum Gasteiger partial charge on any atom is 0.304 e. The number of fused-ring (bicyclic) bond motifs is 1. The summed E-state index contributed by atoms with van der Waals surface area (Å²) in [6.45, 7) is 2.12. The van der Waals surface area contributed by atoms with E-state index in [1.54, 1.807) is 12.1 Å². The van der Waals surface area contributed by atoms with Crippen molar-refractivity contribution in [3.63, 3.8) is 0 Å². The van der Waals surface area contributed by atoms with Crippen molar-refractivity contribution in [3.8, 4) is 0 Å². The zero-order chi connectivity index (χ0) is 21.0. The third-order valence-corrected chi connectivity index (χ3v) is 9.04. The van der Waals surface area contributed by atoms with E-state index in [0.29, 0.717) is 12.8 Å². The third kappa shape index (κ3) is 3.43. The van der Waals surface area contributed by atoms with Gasteiger partial charge in [0, 0.05) is 26.2 Å². The zero-order valence-electron chi connectivity index (χ0n) is 15.8. The Morgan fingerprint density at radius 1 is 1.14 bits per heavy atom. The van der Waals surface area contributed by atoms with E-state index in [4.69, 9.17) is 0 Å². The Hall–Kier alpha value is -2.02. The summed E-state index contributed by atoms with van der Waals surface area (Å²) in [7, 11) is -7.68. The summed E-state index contributed by atoms with van der Waals surface area (Å²) in [4.78, 5) is 26.6. The number of amides is 2. The molecule has 0 aliphatic carbocycles. The molecule has 1 aromatic rings. The summed E-state index contributed by atoms with van der Waals surface area (Å²) >= 11 is 0. The van der Waals surface area contributed by atoms with Crippen LogP contribution in [0.5, 0.6) is 0 Å². The highest BCUT2D eigenvalue weighted by atomic mass is 32.2. The quantitative estimate of drug-likeness (QED) is 0.643. The molecule has 0 aromatic heterocycles. The van der Waals surface area contributed by atoms with Gasteiger partial charge in [0.15, 0.2) is 0 Å². The molecule has 0 bridgehead atoms. The van der Waals surface area contributed by atoms with Crippen LogP contribution in [0.15, 0.2) is 29.2 Å². The summed E-state index contributed by atoms with van der Waals surface area (Å²) < 4.78 is 54.2. The average molecular weight is 443 g/mol. The van der Waals surface area contributed by atoms with Crippen molar-refractivity contribution in [2.45, 2.75) is 36.7 Å². The number of nitrogens with one attached hydrogen (secondary N) is 1. The van der Waals surface area contributed by atoms with Crippen LogP contribution in [0.2, 0.25) is 0 Å². The molecular formula is C17H22N4O6S2. The van der Waals surface area contributed by atoms with Gasteiger partial charge in [-0.15, -0.1) is 0 Å². The number of rotatable bonds is 3. The molecule has 4 rings (SSSR count). The first-order valence-corrected chi connectivity index (χ1v) is 12.2. The van der Waals surface area contributed by atoms with Crippen molar-refractivity contribution in [1.82, 2.24) is 18.2 Å². The lowest BCUT2D eigenvalue weighted by molar-refractivity contribution is -0.138. The maximum atomic E-state index is 13.1. The first kappa shape index (κ1) is 20.3. The van der Waals surface area contributed by atoms with Crippen LogP contribution in [0.3, 0.4) is 0 Å². The molecule has 12 heteroatoms. The fourth-order valence-corrected chi connectivity index (χ4v) is 7.03. The Kier molecular flexibility index (Phi) is 4.92. The predicted molar refractivity (Wildman–Crippen MR) is 102 cm³/mol. The second-order valence-electron chi connectivity index (χ2n) is 7.47. The molecule has 2 atom stereocenters. The SMILES string of the molecule is Cc1ccc(S(=O)(=O)N2CCC[C@@H]2C(=O)N2CCN3C(C2)C(=O)NS3(=O)=O)cc1. The van der Waals surface area contributed by atoms with Crippen molar-refractivity contribution >= 4 is 32.0 Å². The topological polar surface area (TPSA) is 124 Å². The standard InChI is InChI=1S/C17H22N4O6S2/c1-12-4-6-13(7-5-12)28(24,25)20-8-2-3-14(20)17(23)19-9-10-21-15(11-19)16(22)18-29(21,26)27/h4-7,14-15H,2-3,8-11H2,1H3,(H,18,22)/t14-,15?/m1/s1. The van der Waals surface area contributed by atoms with Gasteiger partial charge in [-0.3, -0.25) is 9.59 Å². The van der Waals surface area contributed by atoms with Gasteiger partial charge in [-0.05, 0) is 31.9 Å². The van der Waals surface area contributed by atoms with Crippen molar-refractivity contribution in [1.29, 1.82) is 0 Å². The number of piperazine rings is 1. The second kappa shape index (κ2) is 7.04. The van der Waals surface area contributed by atoms with Crippen LogP contribution >= 0.6 is 0 Å². The molecule has 3 saturated heterocycles. The number of hydrogen-bond donors (Lipinski definition) is 1. The van der Waals surface area contributed by atoms with Crippen LogP contribution in [0.4, 0.5) is 0 Å². The van der Waals surface area contributed by atoms with Gasteiger partial charge < -0.3 is 4.90 Å². The van der Waals surface area contributed by atoms with Crippen molar-refractivity contribution in [2.24, 2.45) is 0 Å². The fourth-order valence-electron chi connectivity index (χ4n) is 4.05. The minimum Gasteiger partial charge on any atom is -0.338 e. The van der Waals surface area contributed by atoms with E-state index in [0.717, 1.165) is 9.87 Å². The van der Waals surface area contributed by atoms with Gasteiger partial charge in [-0.1, -0.05) is 17.7 Å². The second-order valence-corrected chi connectivity index (χ2v) is 11.0. The van der Waals surface area contributed by atoms with Crippen LogP contribution in [-0.4, -0.2) is 80.4 Å². The summed E-state index contributed by atoms with van der Waals surface area (Å²) in [6, 6.07) is 4.64. The van der Waals surface area contributed by atoms with Gasteiger partial charge >= 0.3 is 10.2 Å². The summed E-state index contributed by atoms with van der Waals surface area (Å²) in [5.41, 5.74) is 0.931. The van der Waals surface area contributed by atoms with E-state index in [2.05, 4.69) is 0 Å². The number of benzene rings is 1. The van der Waals surface area contributed by atoms with Crippen LogP contribution in [0.25, 0.3) is 0 Å². The van der Waals surface area contributed by atoms with E-state index in [1.807, 2.05) is 11.6 Å². The molecule has 158 valence electrons. The molecule has 10 nitrogen and oxygen atoms in total. The lowest BCUT2D eigenvalue weighted by atomic mass is 10.1. The van der Waals surface area contributed by atoms with E-state index in [9.17, 15) is 26.4 Å². The Morgan fingerprint density at radius 3 is 2.52 bits per heavy atom. The number of aryl methyl sites for hydroxylation is 1. The van der Waals surface area contributed by atoms with Crippen molar-refractivity contribution in [3.05, 3.63) is 29.8 Å². The van der Waals surface area contributed by atoms with Crippen molar-refractivity contribution in [2.75, 3.05) is 26.2 Å². The number of sulfonamides is 1. The van der Waals surface area contributed by atoms with Crippen molar-refractivity contribution < 1.29 is 26.4 Å². The van der Waals surface area contributed by atoms with E-state index in [-0.39, 0.29) is 31.1 Å². The third-order valence-electron chi connectivity index (χ3n) is 5.60. The molecule has 0 spiro atoms. The summed E-state index contributed by atoms with van der Waals surface area (Å²) in [5, 5.41) is 0. The molecule has 1 N–H and O–H groups in total. The number of carbonyl (C=O) groups is 2. The Bertz CT molecular complexity index is 1050. The van der Waals surface area contributed by atoms with Gasteiger partial charge in [0.25, 0.3) is 5.91 Å². The molecule has 1 unspecified atom stereocenters. The Labute approximate surface area is 169 Å². The molecule has 1 aromatic carbocycles. The molecular weight excluding hydrogens is 420 g/mol. The summed E-state index contributed by atoms with van der Waals surface area (Å²) in [5.74, 6) is -1.06. The zero-order valence-corrected chi connectivity index (χ0v) is 17.4. The first-order chi connectivity index (χ1) is 13.6. The van der Waals surface area contributed by atoms with Gasteiger partial charge in [-0.2, -0.15) is 17.0 Å². The van der Waals surface area contributed by atoms with E-state index < -0.39 is 44.1 Å². The number of hydrogen-bond acceptors (Lipinski definition) is 6. The molecule has 0 saturated carbocycles. The highest BCUT2D eigenvalue weighted by Gasteiger charge is 2.49. The first-order valence-electron chi connectivity index (χ1n) is 9.32. The van der Waals surface area contributed by atoms with Crippen LogP contribution in [-0.2, 0) is 29.8 Å². The molecule has 2 amide bonds. The normalized spacial score (nSPS) is 27.6. The van der Waals surface area contributed by atoms with Gasteiger partial charge in [0.2, 0.25) is 15.9 Å². The largest absolute Gasteiger partial charge is 0.338 e. The molecule has 3 aliphatic rings. The van der Waals surface area contributed by atoms with E-state index >= 15 is 0 Å². The number of nitrogens with zero attached hydrogens (tertiary/aromatic N) is 3. The summed E-state index contributed by atoms with van der Waals surface area (Å²) in [6.07, 6.45) is 0.944. The molecule has 29 heavy (non-hydrogen) atoms. The average Bonchev–Trinajstić information content (AvgIpc) is 3.25.